The summed E-state index contributed by atoms with van der Waals surface area (Å²) in [5, 5.41) is 3.37. The summed E-state index contributed by atoms with van der Waals surface area (Å²) >= 11 is 5.51. The minimum absolute atomic E-state index is 0.329. The number of aromatic amines is 1. The van der Waals surface area contributed by atoms with Crippen molar-refractivity contribution in [2.24, 2.45) is 0 Å². The van der Waals surface area contributed by atoms with E-state index in [2.05, 4.69) is 16.1 Å². The molecule has 1 saturated heterocycles. The van der Waals surface area contributed by atoms with Crippen molar-refractivity contribution in [3.63, 3.8) is 0 Å². The van der Waals surface area contributed by atoms with Gasteiger partial charge in [0, 0.05) is 18.4 Å². The van der Waals surface area contributed by atoms with Gasteiger partial charge in [0.2, 0.25) is 4.77 Å². The van der Waals surface area contributed by atoms with E-state index in [4.69, 9.17) is 21.7 Å². The molecule has 2 aromatic carbocycles. The van der Waals surface area contributed by atoms with Gasteiger partial charge in [0.15, 0.2) is 12.5 Å². The molecule has 0 amide bonds. The number of quaternary nitrogens is 1. The molecule has 2 atom stereocenters. The number of likely N-dealkylation sites (tertiary alicyclic amines) is 1. The minimum Gasteiger partial charge on any atom is -0.497 e. The summed E-state index contributed by atoms with van der Waals surface area (Å²) in [6.07, 6.45) is 2.26. The van der Waals surface area contributed by atoms with Crippen LogP contribution in [0, 0.1) is 4.77 Å². The van der Waals surface area contributed by atoms with Crippen molar-refractivity contribution in [3.8, 4) is 22.9 Å². The van der Waals surface area contributed by atoms with Crippen molar-refractivity contribution < 1.29 is 14.4 Å². The molecule has 28 heavy (non-hydrogen) atoms. The van der Waals surface area contributed by atoms with Crippen molar-refractivity contribution >= 4 is 12.2 Å². The van der Waals surface area contributed by atoms with Crippen LogP contribution in [0.25, 0.3) is 11.4 Å². The van der Waals surface area contributed by atoms with Crippen molar-refractivity contribution in [2.75, 3.05) is 20.8 Å². The molecule has 0 bridgehead atoms. The van der Waals surface area contributed by atoms with Gasteiger partial charge in [-0.1, -0.05) is 30.3 Å². The minimum atomic E-state index is 0.329. The second-order valence-corrected chi connectivity index (χ2v) is 7.38. The summed E-state index contributed by atoms with van der Waals surface area (Å²) in [4.78, 5) is 5.98. The van der Waals surface area contributed by atoms with Crippen LogP contribution in [-0.4, -0.2) is 35.5 Å². The van der Waals surface area contributed by atoms with Crippen LogP contribution in [0.4, 0.5) is 0 Å². The van der Waals surface area contributed by atoms with E-state index in [0.29, 0.717) is 10.8 Å². The standard InChI is InChI=1S/C21H24N4O2S/c1-26-16-10-11-19(27-2)17(13-16)18-9-6-12-24(18)14-25-21(28)22-20(23-25)15-7-4-3-5-8-15/h3-5,7-8,10-11,13,18H,6,9,12,14H2,1-2H3,(H,22,23,28)/p+1/t18-/m0/s1. The zero-order valence-electron chi connectivity index (χ0n) is 16.1. The lowest BCUT2D eigenvalue weighted by Gasteiger charge is -2.23. The molecule has 2 heterocycles. The van der Waals surface area contributed by atoms with Gasteiger partial charge >= 0.3 is 0 Å². The molecule has 0 radical (unpaired) electrons. The maximum atomic E-state index is 5.63. The summed E-state index contributed by atoms with van der Waals surface area (Å²) < 4.78 is 13.6. The Bertz CT molecular complexity index is 999. The third-order valence-corrected chi connectivity index (χ3v) is 5.70. The van der Waals surface area contributed by atoms with Gasteiger partial charge in [-0.15, -0.1) is 0 Å². The number of H-pyrrole nitrogens is 1. The fraction of sp³-hybridized carbons (Fsp3) is 0.333. The van der Waals surface area contributed by atoms with Gasteiger partial charge in [-0.05, 0) is 30.4 Å². The largest absolute Gasteiger partial charge is 0.497 e. The summed E-state index contributed by atoms with van der Waals surface area (Å²) in [6, 6.07) is 16.4. The number of hydrogen-bond acceptors (Lipinski definition) is 4. The van der Waals surface area contributed by atoms with Crippen LogP contribution in [0.5, 0.6) is 11.5 Å². The number of ether oxygens (including phenoxy) is 2. The highest BCUT2D eigenvalue weighted by atomic mass is 32.1. The van der Waals surface area contributed by atoms with Gasteiger partial charge in [-0.3, -0.25) is 5.10 Å². The van der Waals surface area contributed by atoms with Crippen molar-refractivity contribution in [3.05, 3.63) is 58.9 Å². The summed E-state index contributed by atoms with van der Waals surface area (Å²) in [5.41, 5.74) is 2.22. The number of methoxy groups -OCH3 is 2. The van der Waals surface area contributed by atoms with Crippen LogP contribution < -0.4 is 14.4 Å². The third kappa shape index (κ3) is 3.68. The Morgan fingerprint density at radius 1 is 1.18 bits per heavy atom. The molecule has 7 heteroatoms. The fourth-order valence-corrected chi connectivity index (χ4v) is 4.18. The maximum absolute atomic E-state index is 5.63. The maximum Gasteiger partial charge on any atom is 0.221 e. The molecule has 1 aromatic heterocycles. The number of nitrogens with zero attached hydrogens (tertiary/aromatic N) is 2. The van der Waals surface area contributed by atoms with E-state index < -0.39 is 0 Å². The summed E-state index contributed by atoms with van der Waals surface area (Å²) in [5.74, 6) is 2.56. The molecule has 1 unspecified atom stereocenters. The van der Waals surface area contributed by atoms with E-state index in [1.807, 2.05) is 47.1 Å². The van der Waals surface area contributed by atoms with Gasteiger partial charge in [0.1, 0.15) is 17.5 Å². The highest BCUT2D eigenvalue weighted by Gasteiger charge is 2.33. The Balaban J connectivity index is 1.61. The van der Waals surface area contributed by atoms with Gasteiger partial charge in [0.05, 0.1) is 26.3 Å². The zero-order chi connectivity index (χ0) is 19.5. The molecular weight excluding hydrogens is 372 g/mol. The molecule has 2 N–H and O–H groups in total. The highest BCUT2D eigenvalue weighted by Crippen LogP contribution is 2.31. The monoisotopic (exact) mass is 397 g/mol. The van der Waals surface area contributed by atoms with E-state index in [1.54, 1.807) is 14.2 Å². The van der Waals surface area contributed by atoms with E-state index in [9.17, 15) is 0 Å². The van der Waals surface area contributed by atoms with Gasteiger partial charge < -0.3 is 14.4 Å². The molecule has 0 saturated carbocycles. The summed E-state index contributed by atoms with van der Waals surface area (Å²) in [6.45, 7) is 1.82. The molecule has 4 rings (SSSR count). The third-order valence-electron chi connectivity index (χ3n) is 5.38. The normalized spacial score (nSPS) is 18.9. The Morgan fingerprint density at radius 3 is 2.75 bits per heavy atom. The highest BCUT2D eigenvalue weighted by molar-refractivity contribution is 7.71. The number of nitrogens with one attached hydrogen (secondary N) is 2. The molecule has 3 aromatic rings. The van der Waals surface area contributed by atoms with Gasteiger partial charge in [0.25, 0.3) is 0 Å². The average molecular weight is 398 g/mol. The molecule has 0 aliphatic carbocycles. The van der Waals surface area contributed by atoms with Gasteiger partial charge in [-0.25, -0.2) is 4.68 Å². The number of aromatic nitrogens is 3. The smallest absolute Gasteiger partial charge is 0.221 e. The first-order valence-corrected chi connectivity index (χ1v) is 9.89. The van der Waals surface area contributed by atoms with Crippen LogP contribution in [0.3, 0.4) is 0 Å². The quantitative estimate of drug-likeness (QED) is 0.628. The first-order valence-electron chi connectivity index (χ1n) is 9.48. The van der Waals surface area contributed by atoms with E-state index in [0.717, 1.165) is 48.9 Å². The predicted octanol–water partition coefficient (Wildman–Crippen LogP) is 3.00. The fourth-order valence-electron chi connectivity index (χ4n) is 3.98. The van der Waals surface area contributed by atoms with Crippen molar-refractivity contribution in [1.82, 2.24) is 14.8 Å². The lowest BCUT2D eigenvalue weighted by molar-refractivity contribution is -0.941. The molecule has 6 nitrogen and oxygen atoms in total. The number of benzene rings is 2. The van der Waals surface area contributed by atoms with Crippen LogP contribution in [0.1, 0.15) is 24.4 Å². The van der Waals surface area contributed by atoms with E-state index in [1.165, 1.54) is 10.5 Å². The number of hydrogen-bond donors (Lipinski definition) is 2. The van der Waals surface area contributed by atoms with Crippen LogP contribution in [0.2, 0.25) is 0 Å². The molecular formula is C21H25N4O2S+. The van der Waals surface area contributed by atoms with Gasteiger partial charge in [-0.2, -0.15) is 4.98 Å². The van der Waals surface area contributed by atoms with E-state index >= 15 is 0 Å². The predicted molar refractivity (Wildman–Crippen MR) is 110 cm³/mol. The Morgan fingerprint density at radius 2 is 2.00 bits per heavy atom. The Kier molecular flexibility index (Phi) is 5.45. The Labute approximate surface area is 169 Å². The van der Waals surface area contributed by atoms with Crippen molar-refractivity contribution in [2.45, 2.75) is 25.6 Å². The van der Waals surface area contributed by atoms with E-state index in [-0.39, 0.29) is 0 Å². The SMILES string of the molecule is COc1ccc(OC)c([C@@H]2CCC[NH+]2Cn2[nH]c(-c3ccccc3)nc2=S)c1. The average Bonchev–Trinajstić information content (AvgIpc) is 3.35. The number of rotatable bonds is 6. The first kappa shape index (κ1) is 18.7. The topological polar surface area (TPSA) is 56.5 Å². The van der Waals surface area contributed by atoms with Crippen LogP contribution in [0.15, 0.2) is 48.5 Å². The zero-order valence-corrected chi connectivity index (χ0v) is 17.0. The Hall–Kier alpha value is -2.64. The molecule has 0 spiro atoms. The van der Waals surface area contributed by atoms with Crippen LogP contribution >= 0.6 is 12.2 Å². The first-order chi connectivity index (χ1) is 13.7. The van der Waals surface area contributed by atoms with Crippen LogP contribution in [-0.2, 0) is 6.67 Å². The van der Waals surface area contributed by atoms with Crippen molar-refractivity contribution in [1.29, 1.82) is 0 Å². The second kappa shape index (κ2) is 8.16. The molecule has 1 aliphatic heterocycles. The molecule has 1 fully saturated rings. The lowest BCUT2D eigenvalue weighted by atomic mass is 10.0. The second-order valence-electron chi connectivity index (χ2n) is 7.02. The lowest BCUT2D eigenvalue weighted by Crippen LogP contribution is -3.09. The molecule has 1 aliphatic rings. The summed E-state index contributed by atoms with van der Waals surface area (Å²) in [7, 11) is 3.41. The molecule has 146 valence electrons.